The van der Waals surface area contributed by atoms with E-state index in [4.69, 9.17) is 11.6 Å². The average Bonchev–Trinajstić information content (AvgIpc) is 3.10. The van der Waals surface area contributed by atoms with E-state index < -0.39 is 0 Å². The molecule has 0 amide bonds. The SMILES string of the molecule is CN1CCc2cc(Cl)c(O)cc2[C@H]2c3cc(CC(Cc4ccccc4)C(=O)c4ccccc4)ccc3CC[C@@H]21. The summed E-state index contributed by atoms with van der Waals surface area (Å²) in [6, 6.07) is 31.0. The van der Waals surface area contributed by atoms with E-state index in [2.05, 4.69) is 42.3 Å². The van der Waals surface area contributed by atoms with Crippen LogP contribution in [0.4, 0.5) is 0 Å². The molecule has 4 aromatic rings. The van der Waals surface area contributed by atoms with Gasteiger partial charge in [-0.1, -0.05) is 90.5 Å². The number of Topliss-reactive ketones (excluding diaryl/α,β-unsaturated/α-hetero) is 1. The van der Waals surface area contributed by atoms with Crippen molar-refractivity contribution >= 4 is 17.4 Å². The molecule has 0 aromatic heterocycles. The Hall–Kier alpha value is -3.40. The minimum absolute atomic E-state index is 0.151. The Morgan fingerprint density at radius 1 is 0.872 bits per heavy atom. The van der Waals surface area contributed by atoms with Gasteiger partial charge in [-0.15, -0.1) is 0 Å². The Morgan fingerprint density at radius 2 is 1.56 bits per heavy atom. The van der Waals surface area contributed by atoms with Crippen LogP contribution in [0, 0.1) is 5.92 Å². The van der Waals surface area contributed by atoms with Crippen molar-refractivity contribution in [2.75, 3.05) is 13.6 Å². The standard InChI is InChI=1S/C35H34ClNO2/c1-37-17-16-27-21-31(36)33(38)22-30(27)34-29-20-24(12-13-25(29)14-15-32(34)37)19-28(18-23-8-4-2-5-9-23)35(39)26-10-6-3-7-11-26/h2-13,20-22,28,32,34,38H,14-19H2,1H3/t28?,32-,34+/m0/s1. The number of aryl methyl sites for hydroxylation is 1. The van der Waals surface area contributed by atoms with Gasteiger partial charge in [-0.2, -0.15) is 0 Å². The third-order valence-corrected chi connectivity index (χ3v) is 9.02. The highest BCUT2D eigenvalue weighted by molar-refractivity contribution is 6.32. The second-order valence-corrected chi connectivity index (χ2v) is 11.6. The van der Waals surface area contributed by atoms with E-state index in [9.17, 15) is 9.90 Å². The Bertz CT molecular complexity index is 1480. The van der Waals surface area contributed by atoms with E-state index in [1.165, 1.54) is 33.4 Å². The minimum atomic E-state index is -0.154. The zero-order valence-electron chi connectivity index (χ0n) is 22.3. The molecule has 0 fully saturated rings. The molecule has 198 valence electrons. The number of halogens is 1. The number of carbonyl (C=O) groups is 1. The topological polar surface area (TPSA) is 40.5 Å². The maximum Gasteiger partial charge on any atom is 0.166 e. The first-order valence-electron chi connectivity index (χ1n) is 13.9. The molecule has 1 aliphatic carbocycles. The third kappa shape index (κ3) is 5.26. The number of benzene rings is 4. The summed E-state index contributed by atoms with van der Waals surface area (Å²) >= 11 is 6.34. The van der Waals surface area contributed by atoms with Gasteiger partial charge in [0.1, 0.15) is 5.75 Å². The molecule has 3 atom stereocenters. The quantitative estimate of drug-likeness (QED) is 0.264. The fraction of sp³-hybridized carbons (Fsp3) is 0.286. The van der Waals surface area contributed by atoms with Crippen LogP contribution in [0.25, 0.3) is 0 Å². The summed E-state index contributed by atoms with van der Waals surface area (Å²) in [5.41, 5.74) is 8.23. The summed E-state index contributed by atoms with van der Waals surface area (Å²) in [4.78, 5) is 16.2. The van der Waals surface area contributed by atoms with E-state index in [0.717, 1.165) is 31.4 Å². The Labute approximate surface area is 236 Å². The zero-order chi connectivity index (χ0) is 26.9. The van der Waals surface area contributed by atoms with Gasteiger partial charge in [-0.05, 0) is 84.7 Å². The predicted octanol–water partition coefficient (Wildman–Crippen LogP) is 7.26. The lowest BCUT2D eigenvalue weighted by Gasteiger charge is -2.38. The largest absolute Gasteiger partial charge is 0.506 e. The molecule has 0 saturated heterocycles. The van der Waals surface area contributed by atoms with Crippen LogP contribution in [0.15, 0.2) is 91.0 Å². The number of aromatic hydroxyl groups is 1. The maximum absolute atomic E-state index is 13.7. The van der Waals surface area contributed by atoms with Gasteiger partial charge in [0.15, 0.2) is 5.78 Å². The smallest absolute Gasteiger partial charge is 0.166 e. The van der Waals surface area contributed by atoms with Crippen molar-refractivity contribution in [1.29, 1.82) is 0 Å². The number of hydrogen-bond acceptors (Lipinski definition) is 3. The van der Waals surface area contributed by atoms with E-state index >= 15 is 0 Å². The van der Waals surface area contributed by atoms with Crippen molar-refractivity contribution in [1.82, 2.24) is 4.90 Å². The molecule has 0 saturated carbocycles. The van der Waals surface area contributed by atoms with Crippen molar-refractivity contribution in [3.8, 4) is 5.75 Å². The van der Waals surface area contributed by atoms with Gasteiger partial charge in [0.05, 0.1) is 5.02 Å². The first-order valence-corrected chi connectivity index (χ1v) is 14.3. The second kappa shape index (κ2) is 11.0. The van der Waals surface area contributed by atoms with E-state index in [1.54, 1.807) is 0 Å². The van der Waals surface area contributed by atoms with Gasteiger partial charge in [0.25, 0.3) is 0 Å². The van der Waals surface area contributed by atoms with Crippen LogP contribution in [-0.2, 0) is 25.7 Å². The van der Waals surface area contributed by atoms with Gasteiger partial charge >= 0.3 is 0 Å². The molecule has 1 N–H and O–H groups in total. The van der Waals surface area contributed by atoms with E-state index in [1.807, 2.05) is 60.7 Å². The van der Waals surface area contributed by atoms with Crippen LogP contribution in [0.1, 0.15) is 56.1 Å². The molecule has 0 bridgehead atoms. The molecule has 0 radical (unpaired) electrons. The first kappa shape index (κ1) is 25.9. The number of rotatable bonds is 6. The molecule has 39 heavy (non-hydrogen) atoms. The van der Waals surface area contributed by atoms with Gasteiger partial charge in [-0.25, -0.2) is 0 Å². The maximum atomic E-state index is 13.7. The Balaban J connectivity index is 1.39. The molecule has 2 aliphatic rings. The molecule has 4 aromatic carbocycles. The van der Waals surface area contributed by atoms with Gasteiger partial charge in [0.2, 0.25) is 0 Å². The van der Waals surface area contributed by atoms with E-state index in [0.29, 0.717) is 23.9 Å². The fourth-order valence-electron chi connectivity index (χ4n) is 6.68. The lowest BCUT2D eigenvalue weighted by molar-refractivity contribution is 0.0918. The Kier molecular flexibility index (Phi) is 7.29. The van der Waals surface area contributed by atoms with Crippen molar-refractivity contribution in [3.05, 3.63) is 135 Å². The molecule has 3 nitrogen and oxygen atoms in total. The predicted molar refractivity (Wildman–Crippen MR) is 158 cm³/mol. The highest BCUT2D eigenvalue weighted by Gasteiger charge is 2.37. The third-order valence-electron chi connectivity index (χ3n) is 8.72. The molecular formula is C35H34ClNO2. The summed E-state index contributed by atoms with van der Waals surface area (Å²) in [5.74, 6) is 0.350. The minimum Gasteiger partial charge on any atom is -0.506 e. The molecule has 1 aliphatic heterocycles. The average molecular weight is 536 g/mol. The number of carbonyl (C=O) groups excluding carboxylic acids is 1. The molecular weight excluding hydrogens is 502 g/mol. The van der Waals surface area contributed by atoms with Crippen LogP contribution in [0.2, 0.25) is 5.02 Å². The summed E-state index contributed by atoms with van der Waals surface area (Å²) < 4.78 is 0. The lowest BCUT2D eigenvalue weighted by Crippen LogP contribution is -2.39. The monoisotopic (exact) mass is 535 g/mol. The summed E-state index contributed by atoms with van der Waals surface area (Å²) in [5, 5.41) is 11.0. The molecule has 4 heteroatoms. The highest BCUT2D eigenvalue weighted by Crippen LogP contribution is 2.45. The van der Waals surface area contributed by atoms with Crippen LogP contribution < -0.4 is 0 Å². The molecule has 6 rings (SSSR count). The van der Waals surface area contributed by atoms with Crippen LogP contribution in [0.3, 0.4) is 0 Å². The van der Waals surface area contributed by atoms with Gasteiger partial charge < -0.3 is 10.0 Å². The van der Waals surface area contributed by atoms with Crippen molar-refractivity contribution in [2.45, 2.75) is 44.1 Å². The highest BCUT2D eigenvalue weighted by atomic mass is 35.5. The number of fused-ring (bicyclic) bond motifs is 5. The van der Waals surface area contributed by atoms with Crippen LogP contribution in [0.5, 0.6) is 5.75 Å². The molecule has 1 heterocycles. The zero-order valence-corrected chi connectivity index (χ0v) is 23.1. The summed E-state index contributed by atoms with van der Waals surface area (Å²) in [6.07, 6.45) is 4.42. The lowest BCUT2D eigenvalue weighted by atomic mass is 9.73. The number of nitrogens with zero attached hydrogens (tertiary/aromatic N) is 1. The first-order chi connectivity index (χ1) is 19.0. The fourth-order valence-corrected chi connectivity index (χ4v) is 6.87. The number of ketones is 1. The second-order valence-electron chi connectivity index (χ2n) is 11.2. The molecule has 1 unspecified atom stereocenters. The van der Waals surface area contributed by atoms with E-state index in [-0.39, 0.29) is 23.4 Å². The number of hydrogen-bond donors (Lipinski definition) is 1. The number of phenolic OH excluding ortho intramolecular Hbond substituents is 1. The van der Waals surface area contributed by atoms with Gasteiger partial charge in [0, 0.05) is 30.0 Å². The summed E-state index contributed by atoms with van der Waals surface area (Å²) in [6.45, 7) is 0.967. The Morgan fingerprint density at radius 3 is 2.33 bits per heavy atom. The van der Waals surface area contributed by atoms with Crippen LogP contribution >= 0.6 is 11.6 Å². The normalized spacial score (nSPS) is 19.3. The van der Waals surface area contributed by atoms with Crippen LogP contribution in [-0.4, -0.2) is 35.4 Å². The molecule has 0 spiro atoms. The van der Waals surface area contributed by atoms with Crippen molar-refractivity contribution < 1.29 is 9.90 Å². The number of phenols is 1. The number of likely N-dealkylation sites (N-methyl/N-ethyl adjacent to an activating group) is 1. The van der Waals surface area contributed by atoms with Crippen molar-refractivity contribution in [2.24, 2.45) is 5.92 Å². The summed E-state index contributed by atoms with van der Waals surface area (Å²) in [7, 11) is 2.22. The van der Waals surface area contributed by atoms with Gasteiger partial charge in [-0.3, -0.25) is 4.79 Å². The van der Waals surface area contributed by atoms with Crippen molar-refractivity contribution in [3.63, 3.8) is 0 Å².